The maximum absolute atomic E-state index is 11.6. The molecule has 9 nitrogen and oxygen atoms in total. The third kappa shape index (κ3) is 8.30. The lowest BCUT2D eigenvalue weighted by molar-refractivity contribution is -0.390. The number of hydrogen-bond donors (Lipinski definition) is 1. The van der Waals surface area contributed by atoms with E-state index >= 15 is 0 Å². The maximum Gasteiger partial charge on any atom is 0.407 e. The number of alkyl carbamates (subject to hydrolysis) is 1. The van der Waals surface area contributed by atoms with Crippen LogP contribution in [0.4, 0.5) is 10.6 Å². The van der Waals surface area contributed by atoms with Crippen LogP contribution in [0.2, 0.25) is 0 Å². The molecule has 0 bridgehead atoms. The Morgan fingerprint density at radius 1 is 1.40 bits per heavy atom. The van der Waals surface area contributed by atoms with Gasteiger partial charge in [-0.25, -0.2) is 4.79 Å². The zero-order valence-electron chi connectivity index (χ0n) is 15.2. The van der Waals surface area contributed by atoms with Crippen LogP contribution < -0.4 is 10.1 Å². The van der Waals surface area contributed by atoms with E-state index in [1.54, 1.807) is 26.8 Å². The van der Waals surface area contributed by atoms with Gasteiger partial charge in [0.1, 0.15) is 18.4 Å². The number of pyridine rings is 1. The van der Waals surface area contributed by atoms with Gasteiger partial charge in [-0.1, -0.05) is 6.92 Å². The summed E-state index contributed by atoms with van der Waals surface area (Å²) in [5, 5.41) is 13.6. The van der Waals surface area contributed by atoms with Crippen LogP contribution in [-0.2, 0) is 4.74 Å². The molecule has 1 rings (SSSR count). The highest BCUT2D eigenvalue weighted by molar-refractivity contribution is 5.67. The minimum atomic E-state index is -0.572. The molecule has 0 aliphatic heterocycles. The summed E-state index contributed by atoms with van der Waals surface area (Å²) in [5.74, 6) is -0.146. The van der Waals surface area contributed by atoms with E-state index in [1.165, 1.54) is 12.3 Å². The van der Waals surface area contributed by atoms with E-state index in [-0.39, 0.29) is 18.2 Å². The van der Waals surface area contributed by atoms with Gasteiger partial charge in [0.15, 0.2) is 0 Å². The molecule has 1 aromatic heterocycles. The molecule has 1 heterocycles. The summed E-state index contributed by atoms with van der Waals surface area (Å²) in [6.45, 7) is 10.1. The molecule has 0 aliphatic carbocycles. The van der Waals surface area contributed by atoms with Gasteiger partial charge < -0.3 is 24.9 Å². The predicted molar refractivity (Wildman–Crippen MR) is 92.7 cm³/mol. The predicted octanol–water partition coefficient (Wildman–Crippen LogP) is 2.22. The number of rotatable bonds is 9. The second-order valence-electron chi connectivity index (χ2n) is 6.29. The lowest BCUT2D eigenvalue weighted by Crippen LogP contribution is -2.39. The fourth-order valence-electron chi connectivity index (χ4n) is 1.97. The van der Waals surface area contributed by atoms with Crippen LogP contribution in [0.1, 0.15) is 27.7 Å². The second-order valence-corrected chi connectivity index (χ2v) is 6.29. The van der Waals surface area contributed by atoms with Crippen molar-refractivity contribution in [3.8, 4) is 5.75 Å². The Kier molecular flexibility index (Phi) is 8.06. The number of amides is 1. The molecule has 0 spiro atoms. The average molecular weight is 354 g/mol. The van der Waals surface area contributed by atoms with Crippen molar-refractivity contribution in [2.75, 3.05) is 32.8 Å². The van der Waals surface area contributed by atoms with Gasteiger partial charge in [0, 0.05) is 19.6 Å². The Morgan fingerprint density at radius 3 is 2.72 bits per heavy atom. The zero-order chi connectivity index (χ0) is 18.9. The summed E-state index contributed by atoms with van der Waals surface area (Å²) in [4.78, 5) is 27.6. The third-order valence-electron chi connectivity index (χ3n) is 3.13. The fraction of sp³-hybridized carbons (Fsp3) is 0.625. The van der Waals surface area contributed by atoms with Crippen molar-refractivity contribution < 1.29 is 19.2 Å². The van der Waals surface area contributed by atoms with Gasteiger partial charge >= 0.3 is 11.9 Å². The van der Waals surface area contributed by atoms with Crippen LogP contribution in [0.3, 0.4) is 0 Å². The largest absolute Gasteiger partial charge is 0.484 e. The molecular formula is C16H26N4O5. The quantitative estimate of drug-likeness (QED) is 0.535. The third-order valence-corrected chi connectivity index (χ3v) is 3.13. The summed E-state index contributed by atoms with van der Waals surface area (Å²) in [5.41, 5.74) is -0.527. The first-order valence-corrected chi connectivity index (χ1v) is 8.14. The lowest BCUT2D eigenvalue weighted by Gasteiger charge is -2.22. The molecule has 1 N–H and O–H groups in total. The van der Waals surface area contributed by atoms with E-state index in [1.807, 2.05) is 6.92 Å². The average Bonchev–Trinajstić information content (AvgIpc) is 2.52. The van der Waals surface area contributed by atoms with Crippen molar-refractivity contribution in [2.24, 2.45) is 0 Å². The van der Waals surface area contributed by atoms with Gasteiger partial charge in [-0.05, 0) is 49.4 Å². The van der Waals surface area contributed by atoms with Crippen LogP contribution in [-0.4, -0.2) is 59.3 Å². The van der Waals surface area contributed by atoms with Crippen molar-refractivity contribution in [3.63, 3.8) is 0 Å². The Morgan fingerprint density at radius 2 is 2.12 bits per heavy atom. The minimum absolute atomic E-state index is 0.149. The molecule has 9 heteroatoms. The Hall–Kier alpha value is -2.42. The fourth-order valence-corrected chi connectivity index (χ4v) is 1.97. The van der Waals surface area contributed by atoms with E-state index in [0.717, 1.165) is 6.54 Å². The molecule has 0 atom stereocenters. The number of hydrogen-bond acceptors (Lipinski definition) is 7. The number of carbonyl (C=O) groups excluding carboxylic acids is 1. The van der Waals surface area contributed by atoms with E-state index in [2.05, 4.69) is 15.2 Å². The molecule has 1 aromatic rings. The first-order chi connectivity index (χ1) is 11.7. The van der Waals surface area contributed by atoms with Crippen molar-refractivity contribution in [1.29, 1.82) is 0 Å². The highest BCUT2D eigenvalue weighted by atomic mass is 16.6. The van der Waals surface area contributed by atoms with E-state index in [9.17, 15) is 14.9 Å². The van der Waals surface area contributed by atoms with Gasteiger partial charge in [0.05, 0.1) is 0 Å². The summed E-state index contributed by atoms with van der Waals surface area (Å²) >= 11 is 0. The molecule has 0 radical (unpaired) electrons. The standard InChI is InChI=1S/C16H26N4O5/c1-5-19(10-9-18-15(21)25-16(2,3)4)11-12-24-13-7-6-8-17-14(13)20(22)23/h6-8H,5,9-12H2,1-4H3,(H,18,21). The summed E-state index contributed by atoms with van der Waals surface area (Å²) in [7, 11) is 0. The van der Waals surface area contributed by atoms with Crippen molar-refractivity contribution in [3.05, 3.63) is 28.4 Å². The number of nitro groups is 1. The Balaban J connectivity index is 2.35. The molecular weight excluding hydrogens is 328 g/mol. The number of carbonyl (C=O) groups is 1. The monoisotopic (exact) mass is 354 g/mol. The van der Waals surface area contributed by atoms with E-state index in [0.29, 0.717) is 19.6 Å². The first-order valence-electron chi connectivity index (χ1n) is 8.14. The molecule has 0 aromatic carbocycles. The summed E-state index contributed by atoms with van der Waals surface area (Å²) in [6, 6.07) is 3.11. The SMILES string of the molecule is CCN(CCNC(=O)OC(C)(C)C)CCOc1cccnc1[N+](=O)[O-]. The Labute approximate surface area is 147 Å². The molecule has 0 saturated heterocycles. The smallest absolute Gasteiger partial charge is 0.407 e. The Bertz CT molecular complexity index is 574. The molecule has 0 fully saturated rings. The van der Waals surface area contributed by atoms with E-state index in [4.69, 9.17) is 9.47 Å². The van der Waals surface area contributed by atoms with Gasteiger partial charge in [0.2, 0.25) is 5.75 Å². The summed E-state index contributed by atoms with van der Waals surface area (Å²) < 4.78 is 10.6. The van der Waals surface area contributed by atoms with Crippen molar-refractivity contribution in [1.82, 2.24) is 15.2 Å². The number of likely N-dealkylation sites (N-methyl/N-ethyl adjacent to an activating group) is 1. The van der Waals surface area contributed by atoms with Crippen molar-refractivity contribution >= 4 is 11.9 Å². The number of ether oxygens (including phenoxy) is 2. The molecule has 140 valence electrons. The molecule has 0 saturated carbocycles. The van der Waals surface area contributed by atoms with Crippen LogP contribution in [0.15, 0.2) is 18.3 Å². The minimum Gasteiger partial charge on any atom is -0.484 e. The van der Waals surface area contributed by atoms with Crippen LogP contribution in [0.25, 0.3) is 0 Å². The van der Waals surface area contributed by atoms with Gasteiger partial charge in [-0.3, -0.25) is 4.90 Å². The van der Waals surface area contributed by atoms with Gasteiger partial charge in [0.25, 0.3) is 0 Å². The molecule has 0 unspecified atom stereocenters. The van der Waals surface area contributed by atoms with Crippen molar-refractivity contribution in [2.45, 2.75) is 33.3 Å². The number of nitrogens with one attached hydrogen (secondary N) is 1. The zero-order valence-corrected chi connectivity index (χ0v) is 15.2. The van der Waals surface area contributed by atoms with Crippen LogP contribution >= 0.6 is 0 Å². The topological polar surface area (TPSA) is 107 Å². The maximum atomic E-state index is 11.6. The van der Waals surface area contributed by atoms with Crippen LogP contribution in [0, 0.1) is 10.1 Å². The lowest BCUT2D eigenvalue weighted by atomic mass is 10.2. The highest BCUT2D eigenvalue weighted by Gasteiger charge is 2.17. The van der Waals surface area contributed by atoms with Gasteiger partial charge in [-0.15, -0.1) is 0 Å². The second kappa shape index (κ2) is 9.77. The van der Waals surface area contributed by atoms with Crippen LogP contribution in [0.5, 0.6) is 5.75 Å². The normalized spacial score (nSPS) is 11.2. The summed E-state index contributed by atoms with van der Waals surface area (Å²) in [6.07, 6.45) is 0.900. The molecule has 0 aliphatic rings. The highest BCUT2D eigenvalue weighted by Crippen LogP contribution is 2.22. The number of nitrogens with zero attached hydrogens (tertiary/aromatic N) is 3. The first kappa shape index (κ1) is 20.6. The van der Waals surface area contributed by atoms with E-state index < -0.39 is 16.6 Å². The number of aromatic nitrogens is 1. The molecule has 25 heavy (non-hydrogen) atoms. The molecule has 1 amide bonds. The van der Waals surface area contributed by atoms with Gasteiger partial charge in [-0.2, -0.15) is 0 Å².